The van der Waals surface area contributed by atoms with Crippen LogP contribution in [0.1, 0.15) is 30.7 Å². The molecule has 0 spiro atoms. The number of likely N-dealkylation sites (N-methyl/N-ethyl adjacent to an activating group) is 1. The molecule has 4 heterocycles. The molecule has 0 radical (unpaired) electrons. The molecule has 6 rings (SSSR count). The van der Waals surface area contributed by atoms with E-state index in [-0.39, 0.29) is 6.10 Å². The van der Waals surface area contributed by atoms with E-state index in [1.54, 1.807) is 12.7 Å². The summed E-state index contributed by atoms with van der Waals surface area (Å²) in [5.41, 5.74) is 5.40. The van der Waals surface area contributed by atoms with Gasteiger partial charge in [0.25, 0.3) is 0 Å². The Bertz CT molecular complexity index is 853. The number of nitrogens with zero attached hydrogens (tertiary/aromatic N) is 2. The molecule has 2 aromatic rings. The van der Waals surface area contributed by atoms with E-state index in [1.165, 1.54) is 16.6 Å². The monoisotopic (exact) mass is 338 g/mol. The van der Waals surface area contributed by atoms with Gasteiger partial charge in [-0.3, -0.25) is 4.90 Å². The van der Waals surface area contributed by atoms with Crippen molar-refractivity contribution in [2.24, 2.45) is 11.8 Å². The predicted octanol–water partition coefficient (Wildman–Crippen LogP) is 3.21. The average Bonchev–Trinajstić information content (AvgIpc) is 2.94. The van der Waals surface area contributed by atoms with Crippen LogP contribution in [0.5, 0.6) is 0 Å². The number of benzene rings is 1. The van der Waals surface area contributed by atoms with Gasteiger partial charge in [-0.15, -0.1) is 0 Å². The first-order valence-corrected chi connectivity index (χ1v) is 9.36. The van der Waals surface area contributed by atoms with Crippen LogP contribution in [0.25, 0.3) is 10.9 Å². The number of hydrogen-bond acceptors (Lipinski definition) is 3. The van der Waals surface area contributed by atoms with Gasteiger partial charge < -0.3 is 9.57 Å². The molecule has 1 aromatic carbocycles. The van der Waals surface area contributed by atoms with Crippen LogP contribution in [0.15, 0.2) is 35.9 Å². The molecule has 4 bridgehead atoms. The van der Waals surface area contributed by atoms with Crippen LogP contribution in [0.3, 0.4) is 0 Å². The number of ether oxygens (including phenoxy) is 1. The maximum atomic E-state index is 6.40. The first kappa shape index (κ1) is 15.5. The fourth-order valence-electron chi connectivity index (χ4n) is 5.52. The second-order valence-corrected chi connectivity index (χ2v) is 7.74. The molecule has 1 unspecified atom stereocenters. The van der Waals surface area contributed by atoms with Gasteiger partial charge in [-0.25, -0.2) is 0 Å². The summed E-state index contributed by atoms with van der Waals surface area (Å²) in [6, 6.07) is 9.14. The molecule has 2 fully saturated rings. The summed E-state index contributed by atoms with van der Waals surface area (Å²) < 4.78 is 8.42. The summed E-state index contributed by atoms with van der Waals surface area (Å²) in [4.78, 5) is 8.36. The molecular formula is C21H26N2O2. The summed E-state index contributed by atoms with van der Waals surface area (Å²) in [6.45, 7) is 4.13. The molecule has 0 amide bonds. The van der Waals surface area contributed by atoms with Gasteiger partial charge in [0.05, 0.1) is 17.8 Å². The Labute approximate surface area is 149 Å². The summed E-state index contributed by atoms with van der Waals surface area (Å²) in [5, 5.41) is 1.32. The Balaban J connectivity index is 1.75. The van der Waals surface area contributed by atoms with Crippen LogP contribution in [0.4, 0.5) is 0 Å². The van der Waals surface area contributed by atoms with E-state index in [0.29, 0.717) is 17.9 Å². The topological polar surface area (TPSA) is 26.6 Å². The standard InChI is InChI=1S/C21H26N2O2/c1-4-13-11-22(2)19-9-16-14-7-5-6-8-18(14)23(24-3)21(16)20-10-15(13)17(19)12-25-20/h4-8,15,17,19-20H,9-12H2,1-3H3/b13-4+/t15-,17?,19+,20+/m0/s1. The summed E-state index contributed by atoms with van der Waals surface area (Å²) in [7, 11) is 4.04. The second-order valence-electron chi connectivity index (χ2n) is 7.74. The van der Waals surface area contributed by atoms with Crippen LogP contribution in [0, 0.1) is 11.8 Å². The van der Waals surface area contributed by atoms with Crippen molar-refractivity contribution >= 4 is 10.9 Å². The lowest BCUT2D eigenvalue weighted by molar-refractivity contribution is -0.0887. The zero-order valence-corrected chi connectivity index (χ0v) is 15.2. The van der Waals surface area contributed by atoms with E-state index in [2.05, 4.69) is 49.2 Å². The van der Waals surface area contributed by atoms with E-state index in [0.717, 1.165) is 31.5 Å². The lowest BCUT2D eigenvalue weighted by Crippen LogP contribution is -2.54. The van der Waals surface area contributed by atoms with Gasteiger partial charge in [-0.2, -0.15) is 4.73 Å². The highest BCUT2D eigenvalue weighted by molar-refractivity contribution is 5.85. The lowest BCUT2D eigenvalue weighted by atomic mass is 9.69. The van der Waals surface area contributed by atoms with Crippen molar-refractivity contribution in [1.82, 2.24) is 9.63 Å². The minimum Gasteiger partial charge on any atom is -0.417 e. The summed E-state index contributed by atoms with van der Waals surface area (Å²) in [6.07, 6.45) is 4.62. The van der Waals surface area contributed by atoms with Crippen molar-refractivity contribution in [3.05, 3.63) is 47.2 Å². The normalized spacial score (nSPS) is 33.3. The van der Waals surface area contributed by atoms with Crippen molar-refractivity contribution in [1.29, 1.82) is 0 Å². The van der Waals surface area contributed by atoms with Gasteiger partial charge >= 0.3 is 0 Å². The molecule has 3 aliphatic heterocycles. The Hall–Kier alpha value is -1.78. The Kier molecular flexibility index (Phi) is 3.47. The number of rotatable bonds is 1. The SMILES string of the molecule is C/C=C1\CN(C)[C@@H]2Cc3c(n(OC)c4ccccc34)[C@H]3C[C@@H]1C2CO3. The van der Waals surface area contributed by atoms with Crippen LogP contribution in [-0.4, -0.2) is 43.0 Å². The Morgan fingerprint density at radius 1 is 1.28 bits per heavy atom. The van der Waals surface area contributed by atoms with Gasteiger partial charge in [-0.05, 0) is 44.4 Å². The zero-order valence-electron chi connectivity index (χ0n) is 15.2. The van der Waals surface area contributed by atoms with Gasteiger partial charge in [0, 0.05) is 23.9 Å². The van der Waals surface area contributed by atoms with Crippen molar-refractivity contribution < 1.29 is 9.57 Å². The highest BCUT2D eigenvalue weighted by Gasteiger charge is 2.47. The first-order valence-electron chi connectivity index (χ1n) is 9.36. The van der Waals surface area contributed by atoms with Crippen LogP contribution < -0.4 is 4.84 Å². The van der Waals surface area contributed by atoms with Crippen LogP contribution >= 0.6 is 0 Å². The van der Waals surface area contributed by atoms with Gasteiger partial charge in [0.15, 0.2) is 0 Å². The van der Waals surface area contributed by atoms with Crippen LogP contribution in [0.2, 0.25) is 0 Å². The molecule has 1 aliphatic carbocycles. The molecule has 4 atom stereocenters. The third kappa shape index (κ3) is 2.07. The van der Waals surface area contributed by atoms with E-state index in [9.17, 15) is 0 Å². The molecular weight excluding hydrogens is 312 g/mol. The number of aromatic nitrogens is 1. The predicted molar refractivity (Wildman–Crippen MR) is 98.6 cm³/mol. The smallest absolute Gasteiger partial charge is 0.104 e. The third-order valence-electron chi connectivity index (χ3n) is 6.69. The third-order valence-corrected chi connectivity index (χ3v) is 6.69. The molecule has 4 heteroatoms. The Morgan fingerprint density at radius 2 is 2.12 bits per heavy atom. The molecule has 4 nitrogen and oxygen atoms in total. The largest absolute Gasteiger partial charge is 0.417 e. The quantitative estimate of drug-likeness (QED) is 0.747. The maximum absolute atomic E-state index is 6.40. The van der Waals surface area contributed by atoms with E-state index >= 15 is 0 Å². The number of para-hydroxylation sites is 1. The Morgan fingerprint density at radius 3 is 2.92 bits per heavy atom. The summed E-state index contributed by atoms with van der Waals surface area (Å²) >= 11 is 0. The van der Waals surface area contributed by atoms with Crippen molar-refractivity contribution in [3.8, 4) is 0 Å². The highest BCUT2D eigenvalue weighted by atomic mass is 16.6. The molecule has 1 aromatic heterocycles. The fourth-order valence-corrected chi connectivity index (χ4v) is 5.52. The number of fused-ring (bicyclic) bond motifs is 2. The van der Waals surface area contributed by atoms with Gasteiger partial charge in [0.2, 0.25) is 0 Å². The highest BCUT2D eigenvalue weighted by Crippen LogP contribution is 2.49. The lowest BCUT2D eigenvalue weighted by Gasteiger charge is -2.51. The average molecular weight is 338 g/mol. The minimum absolute atomic E-state index is 0.128. The van der Waals surface area contributed by atoms with Gasteiger partial charge in [-0.1, -0.05) is 29.8 Å². The molecule has 0 saturated carbocycles. The maximum Gasteiger partial charge on any atom is 0.104 e. The fraction of sp³-hybridized carbons (Fsp3) is 0.524. The van der Waals surface area contributed by atoms with E-state index in [1.807, 2.05) is 4.73 Å². The van der Waals surface area contributed by atoms with Gasteiger partial charge in [0.1, 0.15) is 13.2 Å². The molecule has 4 aliphatic rings. The van der Waals surface area contributed by atoms with Crippen molar-refractivity contribution in [2.75, 3.05) is 27.3 Å². The first-order chi connectivity index (χ1) is 12.2. The number of piperidine rings is 1. The molecule has 132 valence electrons. The van der Waals surface area contributed by atoms with Crippen molar-refractivity contribution in [3.63, 3.8) is 0 Å². The second kappa shape index (κ2) is 5.61. The number of allylic oxidation sites excluding steroid dienone is 1. The van der Waals surface area contributed by atoms with E-state index < -0.39 is 0 Å². The molecule has 0 N–H and O–H groups in total. The van der Waals surface area contributed by atoms with Crippen LogP contribution in [-0.2, 0) is 11.2 Å². The minimum atomic E-state index is 0.128. The van der Waals surface area contributed by atoms with Crippen molar-refractivity contribution in [2.45, 2.75) is 31.9 Å². The number of likely N-dealkylation sites (tertiary alicyclic amines) is 1. The molecule has 25 heavy (non-hydrogen) atoms. The molecule has 2 saturated heterocycles. The number of hydrogen-bond donors (Lipinski definition) is 0. The zero-order chi connectivity index (χ0) is 17.1. The van der Waals surface area contributed by atoms with E-state index in [4.69, 9.17) is 9.57 Å². The summed E-state index contributed by atoms with van der Waals surface area (Å²) in [5.74, 6) is 1.24.